The SMILES string of the molecule is COc1ccc(-c2ncc(C3c4ccc(N(C)C)cc4Oc4cc(N(C)C)ccc43)nc2-c2ccc(OC)cc2)cc1. The maximum atomic E-state index is 6.54. The Labute approximate surface area is 247 Å². The highest BCUT2D eigenvalue weighted by Crippen LogP contribution is 2.49. The Hall–Kier alpha value is -5.04. The first kappa shape index (κ1) is 27.1. The molecule has 1 aromatic heterocycles. The molecule has 0 radical (unpaired) electrons. The molecule has 2 heterocycles. The molecule has 0 N–H and O–H groups in total. The van der Waals surface area contributed by atoms with Crippen molar-refractivity contribution in [1.82, 2.24) is 9.97 Å². The molecule has 7 nitrogen and oxygen atoms in total. The van der Waals surface area contributed by atoms with E-state index in [1.54, 1.807) is 14.2 Å². The minimum atomic E-state index is -0.161. The third kappa shape index (κ3) is 4.98. The van der Waals surface area contributed by atoms with Crippen LogP contribution in [0.25, 0.3) is 22.5 Å². The van der Waals surface area contributed by atoms with E-state index in [0.29, 0.717) is 0 Å². The maximum absolute atomic E-state index is 6.54. The maximum Gasteiger partial charge on any atom is 0.133 e. The second-order valence-electron chi connectivity index (χ2n) is 10.7. The fraction of sp³-hybridized carbons (Fsp3) is 0.200. The predicted molar refractivity (Wildman–Crippen MR) is 169 cm³/mol. The second kappa shape index (κ2) is 11.1. The van der Waals surface area contributed by atoms with Crippen LogP contribution in [0.2, 0.25) is 0 Å². The van der Waals surface area contributed by atoms with Crippen molar-refractivity contribution in [3.05, 3.63) is 108 Å². The van der Waals surface area contributed by atoms with Crippen LogP contribution in [0.1, 0.15) is 22.7 Å². The van der Waals surface area contributed by atoms with Crippen LogP contribution >= 0.6 is 0 Å². The van der Waals surface area contributed by atoms with Gasteiger partial charge < -0.3 is 24.0 Å². The van der Waals surface area contributed by atoms with E-state index in [4.69, 9.17) is 24.2 Å². The van der Waals surface area contributed by atoms with Crippen molar-refractivity contribution in [2.75, 3.05) is 52.2 Å². The van der Waals surface area contributed by atoms with E-state index in [-0.39, 0.29) is 5.92 Å². The Kier molecular flexibility index (Phi) is 7.17. The normalized spacial score (nSPS) is 12.1. The third-order valence-corrected chi connectivity index (χ3v) is 7.68. The average molecular weight is 559 g/mol. The number of methoxy groups -OCH3 is 2. The molecule has 0 aliphatic carbocycles. The number of aromatic nitrogens is 2. The summed E-state index contributed by atoms with van der Waals surface area (Å²) in [5.74, 6) is 3.06. The van der Waals surface area contributed by atoms with Gasteiger partial charge in [0.1, 0.15) is 23.0 Å². The van der Waals surface area contributed by atoms with Crippen LogP contribution in [0.15, 0.2) is 91.1 Å². The van der Waals surface area contributed by atoms with Gasteiger partial charge in [-0.25, -0.2) is 4.98 Å². The Morgan fingerprint density at radius 2 is 1.10 bits per heavy atom. The van der Waals surface area contributed by atoms with Gasteiger partial charge in [-0.2, -0.15) is 0 Å². The zero-order valence-corrected chi connectivity index (χ0v) is 24.8. The van der Waals surface area contributed by atoms with E-state index >= 15 is 0 Å². The van der Waals surface area contributed by atoms with Gasteiger partial charge in [-0.15, -0.1) is 0 Å². The van der Waals surface area contributed by atoms with Crippen molar-refractivity contribution < 1.29 is 14.2 Å². The molecule has 1 aliphatic rings. The molecule has 212 valence electrons. The summed E-state index contributed by atoms with van der Waals surface area (Å²) in [4.78, 5) is 14.5. The second-order valence-corrected chi connectivity index (χ2v) is 10.7. The summed E-state index contributed by atoms with van der Waals surface area (Å²) in [6.45, 7) is 0. The molecule has 0 atom stereocenters. The molecule has 0 spiro atoms. The largest absolute Gasteiger partial charge is 0.497 e. The molecule has 1 aliphatic heterocycles. The number of anilines is 2. The lowest BCUT2D eigenvalue weighted by molar-refractivity contribution is 0.414. The van der Waals surface area contributed by atoms with Gasteiger partial charge >= 0.3 is 0 Å². The minimum Gasteiger partial charge on any atom is -0.497 e. The summed E-state index contributed by atoms with van der Waals surface area (Å²) >= 11 is 0. The first-order valence-corrected chi connectivity index (χ1v) is 13.8. The number of rotatable bonds is 7. The molecule has 0 fully saturated rings. The zero-order valence-electron chi connectivity index (χ0n) is 24.8. The van der Waals surface area contributed by atoms with Crippen LogP contribution in [0.4, 0.5) is 11.4 Å². The third-order valence-electron chi connectivity index (χ3n) is 7.68. The molecule has 7 heteroatoms. The van der Waals surface area contributed by atoms with E-state index in [1.165, 1.54) is 0 Å². The Morgan fingerprint density at radius 1 is 0.619 bits per heavy atom. The van der Waals surface area contributed by atoms with Crippen molar-refractivity contribution in [2.45, 2.75) is 5.92 Å². The van der Waals surface area contributed by atoms with E-state index in [1.807, 2.05) is 82.9 Å². The van der Waals surface area contributed by atoms with Gasteiger partial charge in [-0.05, 0) is 60.7 Å². The predicted octanol–water partition coefficient (Wildman–Crippen LogP) is 7.25. The summed E-state index contributed by atoms with van der Waals surface area (Å²) in [5.41, 5.74) is 8.60. The molecule has 42 heavy (non-hydrogen) atoms. The van der Waals surface area contributed by atoms with E-state index < -0.39 is 0 Å². The van der Waals surface area contributed by atoms with Gasteiger partial charge in [-0.3, -0.25) is 4.98 Å². The number of fused-ring (bicyclic) bond motifs is 2. The number of hydrogen-bond acceptors (Lipinski definition) is 7. The molecular weight excluding hydrogens is 524 g/mol. The first-order valence-electron chi connectivity index (χ1n) is 13.8. The summed E-state index contributed by atoms with van der Waals surface area (Å²) in [6, 6.07) is 28.6. The van der Waals surface area contributed by atoms with Crippen LogP contribution in [-0.2, 0) is 0 Å². The highest BCUT2D eigenvalue weighted by atomic mass is 16.5. The van der Waals surface area contributed by atoms with Crippen LogP contribution in [-0.4, -0.2) is 52.4 Å². The van der Waals surface area contributed by atoms with Gasteiger partial charge in [0.2, 0.25) is 0 Å². The van der Waals surface area contributed by atoms with Crippen LogP contribution < -0.4 is 24.0 Å². The Balaban J connectivity index is 1.55. The van der Waals surface area contributed by atoms with Crippen molar-refractivity contribution in [2.24, 2.45) is 0 Å². The summed E-state index contributed by atoms with van der Waals surface area (Å²) in [6.07, 6.45) is 1.90. The highest BCUT2D eigenvalue weighted by molar-refractivity contribution is 5.79. The fourth-order valence-corrected chi connectivity index (χ4v) is 5.31. The lowest BCUT2D eigenvalue weighted by Crippen LogP contribution is -2.16. The summed E-state index contributed by atoms with van der Waals surface area (Å²) in [7, 11) is 11.5. The molecule has 0 bridgehead atoms. The topological polar surface area (TPSA) is 60.0 Å². The van der Waals surface area contributed by atoms with E-state index in [2.05, 4.69) is 46.2 Å². The standard InChI is InChI=1S/C35H34N4O3/c1-38(2)24-11-17-28-31(19-24)42-32-20-25(39(3)4)12-18-29(32)33(28)30-21-36-34(22-7-13-26(40-5)14-8-22)35(37-30)23-9-15-27(41-6)16-10-23/h7-21,33H,1-6H3. The minimum absolute atomic E-state index is 0.161. The van der Waals surface area contributed by atoms with Gasteiger partial charge in [-0.1, -0.05) is 12.1 Å². The molecule has 0 saturated heterocycles. The van der Waals surface area contributed by atoms with Crippen molar-refractivity contribution >= 4 is 11.4 Å². The molecule has 0 unspecified atom stereocenters. The molecule has 0 amide bonds. The highest BCUT2D eigenvalue weighted by Gasteiger charge is 2.31. The molecule has 5 aromatic rings. The average Bonchev–Trinajstić information content (AvgIpc) is 3.02. The van der Waals surface area contributed by atoms with Crippen LogP contribution in [0.3, 0.4) is 0 Å². The smallest absolute Gasteiger partial charge is 0.133 e. The lowest BCUT2D eigenvalue weighted by atomic mass is 9.85. The van der Waals surface area contributed by atoms with E-state index in [0.717, 1.165) is 73.7 Å². The Bertz CT molecular complexity index is 1670. The molecule has 0 saturated carbocycles. The van der Waals surface area contributed by atoms with Gasteiger partial charge in [0, 0.05) is 74.0 Å². The van der Waals surface area contributed by atoms with E-state index in [9.17, 15) is 0 Å². The van der Waals surface area contributed by atoms with Crippen LogP contribution in [0.5, 0.6) is 23.0 Å². The number of hydrogen-bond donors (Lipinski definition) is 0. The monoisotopic (exact) mass is 558 g/mol. The van der Waals surface area contributed by atoms with Gasteiger partial charge in [0.25, 0.3) is 0 Å². The molecule has 6 rings (SSSR count). The lowest BCUT2D eigenvalue weighted by Gasteiger charge is -2.30. The van der Waals surface area contributed by atoms with Gasteiger partial charge in [0.15, 0.2) is 0 Å². The number of nitrogens with zero attached hydrogens (tertiary/aromatic N) is 4. The number of ether oxygens (including phenoxy) is 3. The molecular formula is C35H34N4O3. The van der Waals surface area contributed by atoms with Crippen molar-refractivity contribution in [3.63, 3.8) is 0 Å². The quantitative estimate of drug-likeness (QED) is 0.205. The molecule has 4 aromatic carbocycles. The Morgan fingerprint density at radius 3 is 1.55 bits per heavy atom. The summed E-state index contributed by atoms with van der Waals surface area (Å²) < 4.78 is 17.4. The number of benzene rings is 4. The van der Waals surface area contributed by atoms with Gasteiger partial charge in [0.05, 0.1) is 43.4 Å². The van der Waals surface area contributed by atoms with Crippen molar-refractivity contribution in [1.29, 1.82) is 0 Å². The fourth-order valence-electron chi connectivity index (χ4n) is 5.31. The summed E-state index contributed by atoms with van der Waals surface area (Å²) in [5, 5.41) is 0. The van der Waals surface area contributed by atoms with Crippen LogP contribution in [0, 0.1) is 0 Å². The first-order chi connectivity index (χ1) is 20.4. The van der Waals surface area contributed by atoms with Crippen molar-refractivity contribution in [3.8, 4) is 45.5 Å². The zero-order chi connectivity index (χ0) is 29.4.